The van der Waals surface area contributed by atoms with E-state index >= 15 is 0 Å². The van der Waals surface area contributed by atoms with Crippen LogP contribution < -0.4 is 0 Å². The van der Waals surface area contributed by atoms with Gasteiger partial charge in [-0.3, -0.25) is 37.3 Å². The van der Waals surface area contributed by atoms with Crippen molar-refractivity contribution in [2.45, 2.75) is 451 Å². The Morgan fingerprint density at radius 3 is 0.710 bits per heavy atom. The molecule has 100 heavy (non-hydrogen) atoms. The average molecular weight is 1470 g/mol. The number of esters is 4. The fourth-order valence-corrected chi connectivity index (χ4v) is 14.1. The van der Waals surface area contributed by atoms with Crippen LogP contribution in [0.5, 0.6) is 0 Å². The maximum atomic E-state index is 13.1. The molecule has 0 aromatic rings. The fraction of sp³-hybridized carbons (Fsp3) is 0.951. The van der Waals surface area contributed by atoms with Crippen LogP contribution in [0.25, 0.3) is 0 Å². The van der Waals surface area contributed by atoms with Gasteiger partial charge in [-0.15, -0.1) is 0 Å². The Morgan fingerprint density at radius 1 is 0.280 bits per heavy atom. The van der Waals surface area contributed by atoms with E-state index in [0.29, 0.717) is 25.7 Å². The molecule has 0 fully saturated rings. The Bertz CT molecular complexity index is 1910. The van der Waals surface area contributed by atoms with Crippen LogP contribution in [0, 0.1) is 5.92 Å². The van der Waals surface area contributed by atoms with Crippen LogP contribution in [0.3, 0.4) is 0 Å². The Labute approximate surface area is 613 Å². The van der Waals surface area contributed by atoms with E-state index in [4.69, 9.17) is 37.0 Å². The van der Waals surface area contributed by atoms with Gasteiger partial charge in [0.05, 0.1) is 26.4 Å². The summed E-state index contributed by atoms with van der Waals surface area (Å²) in [6, 6.07) is 0. The SMILES string of the molecule is CCCCCCCCCCCCCCCCCC(=O)OC[C@H](COP(=O)(O)OC[C@@H](O)COP(=O)(O)OC[C@@H](COC(=O)CCCCCCCCCCC)OC(=O)CCCCCCCCCCCCCCCC)OC(=O)CCCCCCCCCCCCCCCCCCCCC(C)CC. The number of ether oxygens (including phenoxy) is 4. The van der Waals surface area contributed by atoms with Crippen molar-refractivity contribution in [1.82, 2.24) is 0 Å². The number of carbonyl (C=O) groups excluding carboxylic acids is 4. The topological polar surface area (TPSA) is 237 Å². The summed E-state index contributed by atoms with van der Waals surface area (Å²) in [4.78, 5) is 72.9. The number of unbranched alkanes of at least 4 members (excludes halogenated alkanes) is 52. The first-order valence-electron chi connectivity index (χ1n) is 42.2. The van der Waals surface area contributed by atoms with Crippen molar-refractivity contribution in [3.8, 4) is 0 Å². The van der Waals surface area contributed by atoms with Gasteiger partial charge in [0.1, 0.15) is 19.3 Å². The molecule has 0 bridgehead atoms. The summed E-state index contributed by atoms with van der Waals surface area (Å²) in [5.41, 5.74) is 0. The molecule has 594 valence electrons. The summed E-state index contributed by atoms with van der Waals surface area (Å²) in [5, 5.41) is 10.6. The standard InChI is InChI=1S/C81H158O17P2/c1-6-10-13-16-19-22-24-26-32-37-40-45-50-55-60-65-79(84)92-71-77(98-81(86)67-62-57-52-47-42-38-34-31-29-28-30-33-35-39-44-48-53-58-63-74(5)9-4)73-96-100(89,90)94-69-75(82)68-93-99(87,88)95-72-76(70-91-78(83)64-59-54-49-43-21-18-15-12-8-3)97-80(85)66-61-56-51-46-41-36-27-25-23-20-17-14-11-7-2/h74-77,82H,6-73H2,1-5H3,(H,87,88)(H,89,90)/t74?,75-,76+,77+/m0/s1. The van der Waals surface area contributed by atoms with Crippen molar-refractivity contribution in [1.29, 1.82) is 0 Å². The highest BCUT2D eigenvalue weighted by atomic mass is 31.2. The second-order valence-electron chi connectivity index (χ2n) is 29.4. The van der Waals surface area contributed by atoms with Gasteiger partial charge in [-0.2, -0.15) is 0 Å². The van der Waals surface area contributed by atoms with Crippen molar-refractivity contribution in [3.63, 3.8) is 0 Å². The lowest BCUT2D eigenvalue weighted by Crippen LogP contribution is -2.30. The van der Waals surface area contributed by atoms with E-state index in [1.54, 1.807) is 0 Å². The zero-order valence-corrected chi connectivity index (χ0v) is 67.1. The fourth-order valence-electron chi connectivity index (χ4n) is 12.6. The van der Waals surface area contributed by atoms with Gasteiger partial charge in [0.15, 0.2) is 12.2 Å². The number of phosphoric acid groups is 2. The monoisotopic (exact) mass is 1470 g/mol. The smallest absolute Gasteiger partial charge is 0.462 e. The maximum absolute atomic E-state index is 13.1. The summed E-state index contributed by atoms with van der Waals surface area (Å²) in [5.74, 6) is -1.23. The zero-order chi connectivity index (χ0) is 73.4. The van der Waals surface area contributed by atoms with Crippen LogP contribution in [-0.4, -0.2) is 96.7 Å². The highest BCUT2D eigenvalue weighted by Gasteiger charge is 2.30. The lowest BCUT2D eigenvalue weighted by atomic mass is 9.99. The first-order chi connectivity index (χ1) is 48.6. The van der Waals surface area contributed by atoms with E-state index < -0.39 is 97.5 Å². The molecule has 19 heteroatoms. The van der Waals surface area contributed by atoms with Gasteiger partial charge in [-0.1, -0.05) is 381 Å². The maximum Gasteiger partial charge on any atom is 0.472 e. The predicted octanol–water partition coefficient (Wildman–Crippen LogP) is 24.4. The lowest BCUT2D eigenvalue weighted by molar-refractivity contribution is -0.161. The predicted molar refractivity (Wildman–Crippen MR) is 409 cm³/mol. The Kier molecular flexibility index (Phi) is 72.5. The molecule has 0 saturated carbocycles. The molecule has 17 nitrogen and oxygen atoms in total. The molecular formula is C81H158O17P2. The molecule has 0 rings (SSSR count). The van der Waals surface area contributed by atoms with Crippen LogP contribution >= 0.6 is 15.6 Å². The lowest BCUT2D eigenvalue weighted by Gasteiger charge is -2.21. The van der Waals surface area contributed by atoms with Gasteiger partial charge < -0.3 is 33.8 Å². The average Bonchev–Trinajstić information content (AvgIpc) is 1.01. The molecule has 0 radical (unpaired) electrons. The summed E-state index contributed by atoms with van der Waals surface area (Å²) < 4.78 is 68.7. The van der Waals surface area contributed by atoms with Crippen LogP contribution in [0.1, 0.15) is 433 Å². The number of carbonyl (C=O) groups is 4. The van der Waals surface area contributed by atoms with E-state index in [9.17, 15) is 43.2 Å². The molecule has 6 atom stereocenters. The molecular weight excluding hydrogens is 1310 g/mol. The molecule has 0 heterocycles. The largest absolute Gasteiger partial charge is 0.472 e. The first-order valence-corrected chi connectivity index (χ1v) is 45.2. The van der Waals surface area contributed by atoms with Gasteiger partial charge in [0.25, 0.3) is 0 Å². The van der Waals surface area contributed by atoms with Gasteiger partial charge in [-0.05, 0) is 31.6 Å². The summed E-state index contributed by atoms with van der Waals surface area (Å²) in [6.07, 6.45) is 65.1. The second-order valence-corrected chi connectivity index (χ2v) is 32.3. The molecule has 0 amide bonds. The van der Waals surface area contributed by atoms with Gasteiger partial charge >= 0.3 is 39.5 Å². The molecule has 0 aromatic heterocycles. The zero-order valence-electron chi connectivity index (χ0n) is 65.3. The van der Waals surface area contributed by atoms with E-state index in [-0.39, 0.29) is 25.7 Å². The highest BCUT2D eigenvalue weighted by molar-refractivity contribution is 7.47. The molecule has 0 aliphatic heterocycles. The third-order valence-electron chi connectivity index (χ3n) is 19.4. The van der Waals surface area contributed by atoms with Crippen LogP contribution in [0.15, 0.2) is 0 Å². The number of phosphoric ester groups is 2. The van der Waals surface area contributed by atoms with Crippen molar-refractivity contribution in [2.24, 2.45) is 5.92 Å². The summed E-state index contributed by atoms with van der Waals surface area (Å²) in [7, 11) is -9.91. The van der Waals surface area contributed by atoms with Crippen molar-refractivity contribution >= 4 is 39.5 Å². The molecule has 3 N–H and O–H groups in total. The first kappa shape index (κ1) is 98.1. The Hall–Kier alpha value is -1.94. The molecule has 3 unspecified atom stereocenters. The van der Waals surface area contributed by atoms with E-state index in [0.717, 1.165) is 95.8 Å². The molecule has 0 aliphatic carbocycles. The van der Waals surface area contributed by atoms with E-state index in [2.05, 4.69) is 34.6 Å². The van der Waals surface area contributed by atoms with Gasteiger partial charge in [-0.25, -0.2) is 9.13 Å². The van der Waals surface area contributed by atoms with Crippen LogP contribution in [0.2, 0.25) is 0 Å². The summed E-state index contributed by atoms with van der Waals surface area (Å²) in [6.45, 7) is 7.39. The second kappa shape index (κ2) is 73.9. The third kappa shape index (κ3) is 73.0. The van der Waals surface area contributed by atoms with Crippen molar-refractivity contribution in [2.75, 3.05) is 39.6 Å². The highest BCUT2D eigenvalue weighted by Crippen LogP contribution is 2.45. The number of hydrogen-bond acceptors (Lipinski definition) is 15. The minimum absolute atomic E-state index is 0.108. The van der Waals surface area contributed by atoms with Crippen LogP contribution in [0.4, 0.5) is 0 Å². The normalized spacial score (nSPS) is 14.1. The van der Waals surface area contributed by atoms with Crippen molar-refractivity contribution < 1.29 is 80.2 Å². The minimum atomic E-state index is -4.96. The molecule has 0 aliphatic rings. The molecule has 0 saturated heterocycles. The van der Waals surface area contributed by atoms with Gasteiger partial charge in [0.2, 0.25) is 0 Å². The van der Waals surface area contributed by atoms with E-state index in [1.165, 1.54) is 257 Å². The number of hydrogen-bond donors (Lipinski definition) is 3. The third-order valence-corrected chi connectivity index (χ3v) is 21.3. The minimum Gasteiger partial charge on any atom is -0.462 e. The number of aliphatic hydroxyl groups excluding tert-OH is 1. The summed E-state index contributed by atoms with van der Waals surface area (Å²) >= 11 is 0. The Balaban J connectivity index is 5.19. The quantitative estimate of drug-likeness (QED) is 0.0222. The van der Waals surface area contributed by atoms with Crippen LogP contribution in [-0.2, 0) is 65.4 Å². The molecule has 0 spiro atoms. The number of aliphatic hydroxyl groups is 1. The molecule has 0 aromatic carbocycles. The van der Waals surface area contributed by atoms with E-state index in [1.807, 2.05) is 0 Å². The number of rotatable bonds is 81. The van der Waals surface area contributed by atoms with Gasteiger partial charge in [0, 0.05) is 25.7 Å². The Morgan fingerprint density at radius 2 is 0.480 bits per heavy atom. The van der Waals surface area contributed by atoms with Crippen molar-refractivity contribution in [3.05, 3.63) is 0 Å².